The second-order valence-corrected chi connectivity index (χ2v) is 3.78. The Kier molecular flexibility index (Phi) is 4.56. The van der Waals surface area contributed by atoms with Crippen LogP contribution in [0.5, 0.6) is 0 Å². The number of rotatable bonds is 5. The molecule has 3 nitrogen and oxygen atoms in total. The third-order valence-electron chi connectivity index (χ3n) is 2.29. The molecule has 0 saturated heterocycles. The molecule has 2 N–H and O–H groups in total. The normalized spacial score (nSPS) is 13.1. The highest BCUT2D eigenvalue weighted by Crippen LogP contribution is 2.02. The lowest BCUT2D eigenvalue weighted by Crippen LogP contribution is -2.36. The van der Waals surface area contributed by atoms with E-state index in [9.17, 15) is 0 Å². The van der Waals surface area contributed by atoms with Crippen molar-refractivity contribution in [2.24, 2.45) is 5.92 Å². The summed E-state index contributed by atoms with van der Waals surface area (Å²) in [6.07, 6.45) is 3.59. The number of aliphatic hydroxyl groups excluding tert-OH is 1. The number of pyridine rings is 1. The molecule has 0 bridgehead atoms. The Morgan fingerprint density at radius 3 is 2.79 bits per heavy atom. The molecule has 0 aliphatic rings. The van der Waals surface area contributed by atoms with Crippen LogP contribution in [0.3, 0.4) is 0 Å². The Morgan fingerprint density at radius 1 is 1.50 bits per heavy atom. The Labute approximate surface area is 85.2 Å². The topological polar surface area (TPSA) is 45.1 Å². The van der Waals surface area contributed by atoms with E-state index in [-0.39, 0.29) is 12.6 Å². The molecule has 1 atom stereocenters. The summed E-state index contributed by atoms with van der Waals surface area (Å²) in [5.74, 6) is 0.441. The maximum atomic E-state index is 9.10. The molecule has 0 amide bonds. The van der Waals surface area contributed by atoms with Crippen molar-refractivity contribution in [1.29, 1.82) is 0 Å². The number of hydrogen-bond donors (Lipinski definition) is 2. The summed E-state index contributed by atoms with van der Waals surface area (Å²) in [5.41, 5.74) is 1.15. The molecule has 0 aliphatic carbocycles. The Bertz CT molecular complexity index is 249. The molecule has 0 aromatic carbocycles. The fourth-order valence-electron chi connectivity index (χ4n) is 1.26. The summed E-state index contributed by atoms with van der Waals surface area (Å²) < 4.78 is 0. The van der Waals surface area contributed by atoms with Crippen LogP contribution in [0.15, 0.2) is 24.5 Å². The van der Waals surface area contributed by atoms with Crippen LogP contribution in [-0.4, -0.2) is 22.7 Å². The zero-order chi connectivity index (χ0) is 10.4. The maximum Gasteiger partial charge on any atom is 0.0587 e. The molecule has 3 heteroatoms. The van der Waals surface area contributed by atoms with E-state index in [1.807, 2.05) is 18.3 Å². The summed E-state index contributed by atoms with van der Waals surface area (Å²) in [7, 11) is 0. The summed E-state index contributed by atoms with van der Waals surface area (Å²) in [6, 6.07) is 4.10. The van der Waals surface area contributed by atoms with Crippen molar-refractivity contribution >= 4 is 0 Å². The largest absolute Gasteiger partial charge is 0.395 e. The minimum atomic E-state index is 0.162. The van der Waals surface area contributed by atoms with E-state index in [2.05, 4.69) is 24.1 Å². The van der Waals surface area contributed by atoms with Gasteiger partial charge in [-0.05, 0) is 17.5 Å². The van der Waals surface area contributed by atoms with Crippen LogP contribution in [-0.2, 0) is 6.54 Å². The van der Waals surface area contributed by atoms with Gasteiger partial charge < -0.3 is 10.4 Å². The van der Waals surface area contributed by atoms with Gasteiger partial charge in [0, 0.05) is 25.0 Å². The van der Waals surface area contributed by atoms with Gasteiger partial charge >= 0.3 is 0 Å². The molecule has 0 fully saturated rings. The highest BCUT2D eigenvalue weighted by Gasteiger charge is 2.10. The van der Waals surface area contributed by atoms with Gasteiger partial charge in [0.2, 0.25) is 0 Å². The monoisotopic (exact) mass is 194 g/mol. The molecule has 0 saturated carbocycles. The quantitative estimate of drug-likeness (QED) is 0.740. The van der Waals surface area contributed by atoms with Crippen molar-refractivity contribution < 1.29 is 5.11 Å². The lowest BCUT2D eigenvalue weighted by atomic mass is 10.1. The minimum absolute atomic E-state index is 0.162. The van der Waals surface area contributed by atoms with Gasteiger partial charge in [-0.1, -0.05) is 19.9 Å². The Hall–Kier alpha value is -0.930. The average Bonchev–Trinajstić information content (AvgIpc) is 2.20. The van der Waals surface area contributed by atoms with Gasteiger partial charge in [0.25, 0.3) is 0 Å². The number of aliphatic hydroxyl groups is 1. The predicted molar refractivity (Wildman–Crippen MR) is 56.8 cm³/mol. The predicted octanol–water partition coefficient (Wildman–Crippen LogP) is 1.19. The van der Waals surface area contributed by atoms with E-state index in [0.29, 0.717) is 5.92 Å². The van der Waals surface area contributed by atoms with E-state index in [1.54, 1.807) is 6.20 Å². The lowest BCUT2D eigenvalue weighted by Gasteiger charge is -2.19. The van der Waals surface area contributed by atoms with E-state index >= 15 is 0 Å². The Balaban J connectivity index is 2.40. The van der Waals surface area contributed by atoms with Crippen LogP contribution in [0.25, 0.3) is 0 Å². The molecule has 0 spiro atoms. The highest BCUT2D eigenvalue weighted by atomic mass is 16.3. The molecule has 1 rings (SSSR count). The van der Waals surface area contributed by atoms with Gasteiger partial charge in [0.05, 0.1) is 6.61 Å². The molecule has 0 radical (unpaired) electrons. The van der Waals surface area contributed by atoms with E-state index in [0.717, 1.165) is 12.1 Å². The van der Waals surface area contributed by atoms with Crippen LogP contribution in [0.4, 0.5) is 0 Å². The summed E-state index contributed by atoms with van der Waals surface area (Å²) in [6.45, 7) is 5.13. The molecular weight excluding hydrogens is 176 g/mol. The second kappa shape index (κ2) is 5.73. The van der Waals surface area contributed by atoms with Crippen molar-refractivity contribution in [2.75, 3.05) is 6.61 Å². The third kappa shape index (κ3) is 3.44. The molecule has 78 valence electrons. The van der Waals surface area contributed by atoms with Crippen molar-refractivity contribution in [2.45, 2.75) is 26.4 Å². The second-order valence-electron chi connectivity index (χ2n) is 3.78. The summed E-state index contributed by atoms with van der Waals surface area (Å²) in [4.78, 5) is 4.03. The van der Waals surface area contributed by atoms with Gasteiger partial charge in [-0.25, -0.2) is 0 Å². The van der Waals surface area contributed by atoms with E-state index < -0.39 is 0 Å². The molecule has 0 unspecified atom stereocenters. The highest BCUT2D eigenvalue weighted by molar-refractivity contribution is 5.08. The molecule has 1 aromatic rings. The molecular formula is C11H18N2O. The molecule has 0 aliphatic heterocycles. The fraction of sp³-hybridized carbons (Fsp3) is 0.545. The first-order chi connectivity index (χ1) is 6.74. The van der Waals surface area contributed by atoms with Gasteiger partial charge in [0.15, 0.2) is 0 Å². The van der Waals surface area contributed by atoms with Crippen LogP contribution < -0.4 is 5.32 Å². The van der Waals surface area contributed by atoms with Gasteiger partial charge in [-0.15, -0.1) is 0 Å². The molecule has 1 aromatic heterocycles. The first-order valence-corrected chi connectivity index (χ1v) is 4.97. The lowest BCUT2D eigenvalue weighted by molar-refractivity contribution is 0.210. The zero-order valence-electron chi connectivity index (χ0n) is 8.77. The van der Waals surface area contributed by atoms with Gasteiger partial charge in [-0.2, -0.15) is 0 Å². The summed E-state index contributed by atoms with van der Waals surface area (Å²) >= 11 is 0. The Morgan fingerprint density at radius 2 is 2.29 bits per heavy atom. The zero-order valence-corrected chi connectivity index (χ0v) is 8.77. The van der Waals surface area contributed by atoms with E-state index in [4.69, 9.17) is 5.11 Å². The van der Waals surface area contributed by atoms with Gasteiger partial charge in [-0.3, -0.25) is 4.98 Å². The van der Waals surface area contributed by atoms with Crippen LogP contribution in [0, 0.1) is 5.92 Å². The average molecular weight is 194 g/mol. The van der Waals surface area contributed by atoms with Crippen molar-refractivity contribution in [3.05, 3.63) is 30.1 Å². The number of nitrogens with one attached hydrogen (secondary N) is 1. The van der Waals surface area contributed by atoms with Gasteiger partial charge in [0.1, 0.15) is 0 Å². The number of aromatic nitrogens is 1. The van der Waals surface area contributed by atoms with Crippen molar-refractivity contribution in [1.82, 2.24) is 10.3 Å². The van der Waals surface area contributed by atoms with Crippen molar-refractivity contribution in [3.63, 3.8) is 0 Å². The smallest absolute Gasteiger partial charge is 0.0587 e. The standard InChI is InChI=1S/C11H18N2O/c1-9(2)11(8-14)13-7-10-4-3-5-12-6-10/h3-6,9,11,13-14H,7-8H2,1-2H3/t11-/m1/s1. The first kappa shape index (κ1) is 11.1. The molecule has 14 heavy (non-hydrogen) atoms. The van der Waals surface area contributed by atoms with Crippen molar-refractivity contribution in [3.8, 4) is 0 Å². The number of hydrogen-bond acceptors (Lipinski definition) is 3. The maximum absolute atomic E-state index is 9.10. The fourth-order valence-corrected chi connectivity index (χ4v) is 1.26. The molecule has 1 heterocycles. The SMILES string of the molecule is CC(C)[C@@H](CO)NCc1cccnc1. The summed E-state index contributed by atoms with van der Waals surface area (Å²) in [5, 5.41) is 12.4. The van der Waals surface area contributed by atoms with Crippen LogP contribution >= 0.6 is 0 Å². The first-order valence-electron chi connectivity index (χ1n) is 4.97. The third-order valence-corrected chi connectivity index (χ3v) is 2.29. The van der Waals surface area contributed by atoms with E-state index in [1.165, 1.54) is 0 Å². The van der Waals surface area contributed by atoms with Crippen LogP contribution in [0.2, 0.25) is 0 Å². The number of nitrogens with zero attached hydrogens (tertiary/aromatic N) is 1. The minimum Gasteiger partial charge on any atom is -0.395 e. The van der Waals surface area contributed by atoms with Crippen LogP contribution in [0.1, 0.15) is 19.4 Å².